The Labute approximate surface area is 128 Å². The topological polar surface area (TPSA) is 91.8 Å². The van der Waals surface area contributed by atoms with Crippen LogP contribution in [0.3, 0.4) is 0 Å². The Balaban J connectivity index is 2.45. The number of aryl methyl sites for hydroxylation is 1. The monoisotopic (exact) mass is 379 g/mol. The first kappa shape index (κ1) is 15.9. The number of benzene rings is 1. The molecule has 0 saturated carbocycles. The van der Waals surface area contributed by atoms with Gasteiger partial charge in [-0.25, -0.2) is 4.79 Å². The summed E-state index contributed by atoms with van der Waals surface area (Å²) >= 11 is 3.11. The van der Waals surface area contributed by atoms with Gasteiger partial charge in [-0.1, -0.05) is 0 Å². The molecule has 0 radical (unpaired) electrons. The minimum atomic E-state index is -4.81. The number of aromatic carboxylic acids is 1. The second-order valence-corrected chi connectivity index (χ2v) is 7.20. The summed E-state index contributed by atoms with van der Waals surface area (Å²) in [6, 6.07) is 2.79. The molecule has 1 unspecified atom stereocenters. The summed E-state index contributed by atoms with van der Waals surface area (Å²) in [5, 5.41) is 7.67. The zero-order valence-corrected chi connectivity index (χ0v) is 13.2. The molecule has 0 bridgehead atoms. The fourth-order valence-electron chi connectivity index (χ4n) is 2.21. The third-order valence-corrected chi connectivity index (χ3v) is 5.06. The number of nitrogens with zero attached hydrogens (tertiary/aromatic N) is 1. The van der Waals surface area contributed by atoms with Crippen molar-refractivity contribution in [2.45, 2.75) is 18.6 Å². The standard InChI is InChI=1S/C12H11BrFNO5S/c1-6-2-9(13)8(12(17)18)4-10(6)15-5-7(3-11(15)16)21(14,19)20/h2,4,7H,3,5H2,1H3,(H,17,18). The fraction of sp³-hybridized carbons (Fsp3) is 0.333. The van der Waals surface area contributed by atoms with E-state index in [0.717, 1.165) is 4.90 Å². The maximum Gasteiger partial charge on any atom is 0.336 e. The second kappa shape index (κ2) is 5.38. The molecule has 0 aromatic heterocycles. The predicted octanol–water partition coefficient (Wildman–Crippen LogP) is 1.86. The average Bonchev–Trinajstić information content (AvgIpc) is 2.70. The van der Waals surface area contributed by atoms with E-state index >= 15 is 0 Å². The molecule has 1 aliphatic heterocycles. The number of amides is 1. The quantitative estimate of drug-likeness (QED) is 0.809. The van der Waals surface area contributed by atoms with Crippen LogP contribution in [-0.4, -0.2) is 37.2 Å². The van der Waals surface area contributed by atoms with E-state index in [1.165, 1.54) is 12.1 Å². The normalized spacial score (nSPS) is 19.1. The van der Waals surface area contributed by atoms with Crippen LogP contribution >= 0.6 is 15.9 Å². The van der Waals surface area contributed by atoms with E-state index in [1.54, 1.807) is 6.92 Å². The van der Waals surface area contributed by atoms with Crippen molar-refractivity contribution in [2.24, 2.45) is 0 Å². The first-order chi connectivity index (χ1) is 9.61. The molecule has 1 heterocycles. The molecular weight excluding hydrogens is 369 g/mol. The molecule has 1 aliphatic rings. The Morgan fingerprint density at radius 1 is 1.48 bits per heavy atom. The molecular formula is C12H11BrFNO5S. The van der Waals surface area contributed by atoms with Crippen molar-refractivity contribution in [1.29, 1.82) is 0 Å². The van der Waals surface area contributed by atoms with E-state index in [9.17, 15) is 21.9 Å². The molecule has 0 spiro atoms. The highest BCUT2D eigenvalue weighted by Gasteiger charge is 2.39. The van der Waals surface area contributed by atoms with Gasteiger partial charge in [-0.05, 0) is 40.5 Å². The summed E-state index contributed by atoms with van der Waals surface area (Å²) in [4.78, 5) is 24.1. The Hall–Kier alpha value is -1.48. The van der Waals surface area contributed by atoms with Crippen LogP contribution in [0.2, 0.25) is 0 Å². The number of carbonyl (C=O) groups is 2. The summed E-state index contributed by atoms with van der Waals surface area (Å²) in [7, 11) is -4.81. The van der Waals surface area contributed by atoms with Gasteiger partial charge in [-0.15, -0.1) is 3.89 Å². The third-order valence-electron chi connectivity index (χ3n) is 3.29. The van der Waals surface area contributed by atoms with Crippen molar-refractivity contribution in [1.82, 2.24) is 0 Å². The van der Waals surface area contributed by atoms with E-state index in [4.69, 9.17) is 5.11 Å². The van der Waals surface area contributed by atoms with Gasteiger partial charge >= 0.3 is 16.2 Å². The van der Waals surface area contributed by atoms with Crippen molar-refractivity contribution in [2.75, 3.05) is 11.4 Å². The molecule has 1 aromatic carbocycles. The Morgan fingerprint density at radius 2 is 2.10 bits per heavy atom. The van der Waals surface area contributed by atoms with Gasteiger partial charge in [0.2, 0.25) is 5.91 Å². The van der Waals surface area contributed by atoms with Gasteiger partial charge < -0.3 is 10.0 Å². The third kappa shape index (κ3) is 3.08. The molecule has 6 nitrogen and oxygen atoms in total. The maximum absolute atomic E-state index is 13.0. The smallest absolute Gasteiger partial charge is 0.336 e. The van der Waals surface area contributed by atoms with Crippen LogP contribution < -0.4 is 4.90 Å². The summed E-state index contributed by atoms with van der Waals surface area (Å²) in [6.07, 6.45) is -0.448. The lowest BCUT2D eigenvalue weighted by Crippen LogP contribution is -2.27. The minimum absolute atomic E-state index is 0.0602. The highest BCUT2D eigenvalue weighted by molar-refractivity contribution is 9.10. The zero-order valence-electron chi connectivity index (χ0n) is 10.8. The van der Waals surface area contributed by atoms with Crippen molar-refractivity contribution < 1.29 is 27.0 Å². The Morgan fingerprint density at radius 3 is 2.57 bits per heavy atom. The van der Waals surface area contributed by atoms with Crippen molar-refractivity contribution in [3.63, 3.8) is 0 Å². The van der Waals surface area contributed by atoms with Gasteiger partial charge in [0.1, 0.15) is 5.25 Å². The Kier molecular flexibility index (Phi) is 4.07. The molecule has 9 heteroatoms. The van der Waals surface area contributed by atoms with E-state index in [0.29, 0.717) is 10.0 Å². The van der Waals surface area contributed by atoms with Gasteiger partial charge in [-0.2, -0.15) is 8.42 Å². The summed E-state index contributed by atoms with van der Waals surface area (Å²) in [5.74, 6) is -1.74. The molecule has 114 valence electrons. The molecule has 1 aromatic rings. The van der Waals surface area contributed by atoms with Crippen LogP contribution in [0.15, 0.2) is 16.6 Å². The summed E-state index contributed by atoms with van der Waals surface area (Å²) < 4.78 is 35.2. The molecule has 1 saturated heterocycles. The summed E-state index contributed by atoms with van der Waals surface area (Å²) in [6.45, 7) is 1.33. The highest BCUT2D eigenvalue weighted by atomic mass is 79.9. The number of carboxylic acid groups (broad SMARTS) is 1. The molecule has 0 aliphatic carbocycles. The van der Waals surface area contributed by atoms with E-state index in [1.807, 2.05) is 0 Å². The fourth-order valence-corrected chi connectivity index (χ4v) is 3.51. The van der Waals surface area contributed by atoms with Crippen LogP contribution in [-0.2, 0) is 15.0 Å². The predicted molar refractivity (Wildman–Crippen MR) is 76.6 cm³/mol. The Bertz CT molecular complexity index is 733. The van der Waals surface area contributed by atoms with Crippen molar-refractivity contribution in [3.8, 4) is 0 Å². The lowest BCUT2D eigenvalue weighted by molar-refractivity contribution is -0.117. The number of hydrogen-bond acceptors (Lipinski definition) is 4. The number of rotatable bonds is 3. The van der Waals surface area contributed by atoms with Crippen LogP contribution in [0, 0.1) is 6.92 Å². The van der Waals surface area contributed by atoms with Crippen LogP contribution in [0.1, 0.15) is 22.3 Å². The SMILES string of the molecule is Cc1cc(Br)c(C(=O)O)cc1N1CC(S(=O)(=O)F)CC1=O. The molecule has 1 amide bonds. The number of carboxylic acids is 1. The number of anilines is 1. The molecule has 1 fully saturated rings. The van der Waals surface area contributed by atoms with Gasteiger partial charge in [0, 0.05) is 23.1 Å². The zero-order chi connectivity index (χ0) is 15.9. The summed E-state index contributed by atoms with van der Waals surface area (Å²) in [5.41, 5.74) is 0.791. The maximum atomic E-state index is 13.0. The second-order valence-electron chi connectivity index (χ2n) is 4.73. The van der Waals surface area contributed by atoms with Gasteiger partial charge in [-0.3, -0.25) is 4.79 Å². The van der Waals surface area contributed by atoms with Gasteiger partial charge in [0.25, 0.3) is 0 Å². The molecule has 1 N–H and O–H groups in total. The first-order valence-electron chi connectivity index (χ1n) is 5.88. The lowest BCUT2D eigenvalue weighted by Gasteiger charge is -2.19. The largest absolute Gasteiger partial charge is 0.478 e. The van der Waals surface area contributed by atoms with Crippen molar-refractivity contribution >= 4 is 43.7 Å². The number of carbonyl (C=O) groups excluding carboxylic acids is 1. The number of hydrogen-bond donors (Lipinski definition) is 1. The van der Waals surface area contributed by atoms with Gasteiger partial charge in [0.15, 0.2) is 0 Å². The average molecular weight is 380 g/mol. The van der Waals surface area contributed by atoms with Crippen LogP contribution in [0.25, 0.3) is 0 Å². The lowest BCUT2D eigenvalue weighted by atomic mass is 10.1. The minimum Gasteiger partial charge on any atom is -0.478 e. The van der Waals surface area contributed by atoms with E-state index < -0.39 is 33.8 Å². The van der Waals surface area contributed by atoms with Crippen LogP contribution in [0.4, 0.5) is 9.57 Å². The van der Waals surface area contributed by atoms with E-state index in [2.05, 4.69) is 15.9 Å². The first-order valence-corrected chi connectivity index (χ1v) is 8.12. The molecule has 21 heavy (non-hydrogen) atoms. The van der Waals surface area contributed by atoms with Crippen LogP contribution in [0.5, 0.6) is 0 Å². The highest BCUT2D eigenvalue weighted by Crippen LogP contribution is 2.32. The van der Waals surface area contributed by atoms with Gasteiger partial charge in [0.05, 0.1) is 5.56 Å². The van der Waals surface area contributed by atoms with E-state index in [-0.39, 0.29) is 17.8 Å². The van der Waals surface area contributed by atoms with Crippen molar-refractivity contribution in [3.05, 3.63) is 27.7 Å². The number of halogens is 2. The molecule has 1 atom stereocenters. The molecule has 2 rings (SSSR count).